The number of para-hydroxylation sites is 1. The Labute approximate surface area is 104 Å². The van der Waals surface area contributed by atoms with E-state index in [9.17, 15) is 4.39 Å². The van der Waals surface area contributed by atoms with Gasteiger partial charge in [0, 0.05) is 12.6 Å². The maximum Gasteiger partial charge on any atom is 0.146 e. The molecule has 0 saturated heterocycles. The average Bonchev–Trinajstić information content (AvgIpc) is 2.31. The molecule has 0 spiro atoms. The second kappa shape index (κ2) is 5.17. The predicted molar refractivity (Wildman–Crippen MR) is 65.8 cm³/mol. The molecule has 0 fully saturated rings. The monoisotopic (exact) mass is 251 g/mol. The van der Waals surface area contributed by atoms with E-state index in [2.05, 4.69) is 0 Å². The fourth-order valence-corrected chi connectivity index (χ4v) is 1.63. The van der Waals surface area contributed by atoms with Gasteiger partial charge in [-0.3, -0.25) is 0 Å². The maximum atomic E-state index is 13.2. The molecule has 2 N–H and O–H groups in total. The minimum Gasteiger partial charge on any atom is -0.456 e. The summed E-state index contributed by atoms with van der Waals surface area (Å²) < 4.78 is 18.8. The summed E-state index contributed by atoms with van der Waals surface area (Å²) in [5.74, 6) is 0.497. The van der Waals surface area contributed by atoms with E-state index in [1.165, 1.54) is 12.1 Å². The highest BCUT2D eigenvalue weighted by Crippen LogP contribution is 2.29. The third-order valence-electron chi connectivity index (χ3n) is 2.23. The average molecular weight is 252 g/mol. The van der Waals surface area contributed by atoms with Gasteiger partial charge >= 0.3 is 0 Å². The lowest BCUT2D eigenvalue weighted by Crippen LogP contribution is -1.97. The van der Waals surface area contributed by atoms with Crippen LogP contribution in [-0.2, 0) is 6.54 Å². The van der Waals surface area contributed by atoms with Crippen LogP contribution in [0.3, 0.4) is 0 Å². The van der Waals surface area contributed by atoms with E-state index in [0.29, 0.717) is 22.1 Å². The van der Waals surface area contributed by atoms with Gasteiger partial charge < -0.3 is 10.5 Å². The van der Waals surface area contributed by atoms with Crippen LogP contribution < -0.4 is 10.5 Å². The third kappa shape index (κ3) is 2.96. The number of hydrogen-bond acceptors (Lipinski definition) is 2. The van der Waals surface area contributed by atoms with Crippen LogP contribution in [0.15, 0.2) is 42.5 Å². The Morgan fingerprint density at radius 3 is 2.65 bits per heavy atom. The van der Waals surface area contributed by atoms with Crippen LogP contribution >= 0.6 is 11.6 Å². The van der Waals surface area contributed by atoms with Crippen molar-refractivity contribution in [3.05, 3.63) is 58.9 Å². The van der Waals surface area contributed by atoms with Crippen LogP contribution in [0.2, 0.25) is 5.02 Å². The Hall–Kier alpha value is -1.58. The van der Waals surface area contributed by atoms with E-state index in [4.69, 9.17) is 22.1 Å². The molecule has 2 aromatic carbocycles. The molecule has 2 rings (SSSR count). The lowest BCUT2D eigenvalue weighted by molar-refractivity contribution is 0.476. The van der Waals surface area contributed by atoms with Crippen molar-refractivity contribution in [2.75, 3.05) is 0 Å². The van der Waals surface area contributed by atoms with E-state index in [0.717, 1.165) is 0 Å². The second-order valence-electron chi connectivity index (χ2n) is 3.53. The molecule has 17 heavy (non-hydrogen) atoms. The van der Waals surface area contributed by atoms with Gasteiger partial charge in [-0.2, -0.15) is 0 Å². The lowest BCUT2D eigenvalue weighted by Gasteiger charge is -2.08. The van der Waals surface area contributed by atoms with Gasteiger partial charge in [0.05, 0.1) is 5.02 Å². The van der Waals surface area contributed by atoms with Gasteiger partial charge in [0.1, 0.15) is 17.3 Å². The molecule has 0 aliphatic rings. The normalized spacial score (nSPS) is 10.3. The van der Waals surface area contributed by atoms with Crippen molar-refractivity contribution in [1.29, 1.82) is 0 Å². The fourth-order valence-electron chi connectivity index (χ4n) is 1.45. The molecule has 0 heterocycles. The van der Waals surface area contributed by atoms with Crippen LogP contribution in [-0.4, -0.2) is 0 Å². The molecule has 88 valence electrons. The van der Waals surface area contributed by atoms with Crippen LogP contribution in [0, 0.1) is 5.82 Å². The Bertz CT molecular complexity index is 531. The zero-order valence-electron chi connectivity index (χ0n) is 8.99. The smallest absolute Gasteiger partial charge is 0.146 e. The van der Waals surface area contributed by atoms with Gasteiger partial charge in [-0.05, 0) is 29.8 Å². The molecule has 0 aromatic heterocycles. The van der Waals surface area contributed by atoms with Crippen molar-refractivity contribution in [2.45, 2.75) is 6.54 Å². The molecular formula is C13H11ClFNO. The second-order valence-corrected chi connectivity index (χ2v) is 3.94. The highest BCUT2D eigenvalue weighted by atomic mass is 35.5. The zero-order chi connectivity index (χ0) is 12.3. The van der Waals surface area contributed by atoms with Gasteiger partial charge in [0.15, 0.2) is 0 Å². The molecule has 4 heteroatoms. The first-order valence-electron chi connectivity index (χ1n) is 5.11. The predicted octanol–water partition coefficient (Wildman–Crippen LogP) is 3.73. The highest BCUT2D eigenvalue weighted by Gasteiger charge is 2.04. The van der Waals surface area contributed by atoms with E-state index in [1.807, 2.05) is 0 Å². The van der Waals surface area contributed by atoms with Gasteiger partial charge in [-0.15, -0.1) is 0 Å². The standard InChI is InChI=1S/C13H11ClFNO/c14-12-3-1-2-4-13(12)17-11-6-9(8-16)5-10(15)7-11/h1-7H,8,16H2. The van der Waals surface area contributed by atoms with Gasteiger partial charge in [-0.25, -0.2) is 4.39 Å². The zero-order valence-corrected chi connectivity index (χ0v) is 9.75. The summed E-state index contributed by atoms with van der Waals surface area (Å²) >= 11 is 5.94. The molecule has 0 atom stereocenters. The minimum absolute atomic E-state index is 0.261. The topological polar surface area (TPSA) is 35.2 Å². The Morgan fingerprint density at radius 1 is 1.18 bits per heavy atom. The van der Waals surface area contributed by atoms with E-state index in [1.54, 1.807) is 30.3 Å². The summed E-state index contributed by atoms with van der Waals surface area (Å²) in [6, 6.07) is 11.4. The molecule has 0 saturated carbocycles. The molecule has 2 nitrogen and oxygen atoms in total. The van der Waals surface area contributed by atoms with Gasteiger partial charge in [0.25, 0.3) is 0 Å². The van der Waals surface area contributed by atoms with Crippen LogP contribution in [0.1, 0.15) is 5.56 Å². The summed E-state index contributed by atoms with van der Waals surface area (Å²) in [5, 5.41) is 0.478. The van der Waals surface area contributed by atoms with Crippen LogP contribution in [0.5, 0.6) is 11.5 Å². The molecule has 0 aliphatic carbocycles. The Morgan fingerprint density at radius 2 is 1.94 bits per heavy atom. The summed E-state index contributed by atoms with van der Waals surface area (Å²) in [4.78, 5) is 0. The maximum absolute atomic E-state index is 13.2. The number of hydrogen-bond donors (Lipinski definition) is 1. The van der Waals surface area contributed by atoms with Crippen molar-refractivity contribution in [1.82, 2.24) is 0 Å². The molecule has 0 unspecified atom stereocenters. The first-order chi connectivity index (χ1) is 8.19. The van der Waals surface area contributed by atoms with Crippen molar-refractivity contribution in [3.63, 3.8) is 0 Å². The van der Waals surface area contributed by atoms with Crippen molar-refractivity contribution < 1.29 is 9.13 Å². The molecule has 0 radical (unpaired) electrons. The van der Waals surface area contributed by atoms with Crippen LogP contribution in [0.25, 0.3) is 0 Å². The van der Waals surface area contributed by atoms with E-state index < -0.39 is 0 Å². The number of ether oxygens (including phenoxy) is 1. The highest BCUT2D eigenvalue weighted by molar-refractivity contribution is 6.32. The van der Waals surface area contributed by atoms with Gasteiger partial charge in [0.2, 0.25) is 0 Å². The largest absolute Gasteiger partial charge is 0.456 e. The molecule has 0 bridgehead atoms. The molecule has 0 amide bonds. The molecular weight excluding hydrogens is 241 g/mol. The first kappa shape index (κ1) is 11.9. The quantitative estimate of drug-likeness (QED) is 0.902. The first-order valence-corrected chi connectivity index (χ1v) is 5.49. The number of nitrogens with two attached hydrogens (primary N) is 1. The summed E-state index contributed by atoms with van der Waals surface area (Å²) in [5.41, 5.74) is 6.14. The van der Waals surface area contributed by atoms with Crippen molar-refractivity contribution >= 4 is 11.6 Å². The number of halogens is 2. The molecule has 2 aromatic rings. The summed E-state index contributed by atoms with van der Waals surface area (Å²) in [6.45, 7) is 0.261. The number of rotatable bonds is 3. The third-order valence-corrected chi connectivity index (χ3v) is 2.54. The molecule has 0 aliphatic heterocycles. The minimum atomic E-state index is -0.380. The summed E-state index contributed by atoms with van der Waals surface area (Å²) in [7, 11) is 0. The van der Waals surface area contributed by atoms with Crippen LogP contribution in [0.4, 0.5) is 4.39 Å². The van der Waals surface area contributed by atoms with Crippen molar-refractivity contribution in [3.8, 4) is 11.5 Å². The fraction of sp³-hybridized carbons (Fsp3) is 0.0769. The van der Waals surface area contributed by atoms with Gasteiger partial charge in [-0.1, -0.05) is 23.7 Å². The van der Waals surface area contributed by atoms with E-state index >= 15 is 0 Å². The number of benzene rings is 2. The Balaban J connectivity index is 2.30. The van der Waals surface area contributed by atoms with E-state index in [-0.39, 0.29) is 12.4 Å². The summed E-state index contributed by atoms with van der Waals surface area (Å²) in [6.07, 6.45) is 0. The SMILES string of the molecule is NCc1cc(F)cc(Oc2ccccc2Cl)c1. The lowest BCUT2D eigenvalue weighted by atomic mass is 10.2. The Kier molecular flexibility index (Phi) is 3.61. The van der Waals surface area contributed by atoms with Crippen molar-refractivity contribution in [2.24, 2.45) is 5.73 Å².